The van der Waals surface area contributed by atoms with Crippen LogP contribution in [0.4, 0.5) is 0 Å². The molecule has 0 saturated heterocycles. The van der Waals surface area contributed by atoms with Crippen molar-refractivity contribution < 1.29 is 4.79 Å². The van der Waals surface area contributed by atoms with Gasteiger partial charge in [-0.15, -0.1) is 0 Å². The summed E-state index contributed by atoms with van der Waals surface area (Å²) in [5, 5.41) is 5.51. The molecule has 1 atom stereocenters. The number of fused-ring (bicyclic) bond motifs is 2. The first kappa shape index (κ1) is 16.8. The zero-order chi connectivity index (χ0) is 18.3. The Bertz CT molecular complexity index is 939. The Balaban J connectivity index is 1.64. The lowest BCUT2D eigenvalue weighted by Crippen LogP contribution is -2.42. The molecule has 6 nitrogen and oxygen atoms in total. The third-order valence-corrected chi connectivity index (χ3v) is 5.21. The molecule has 1 amide bonds. The molecular formula is C20H25N5O. The van der Waals surface area contributed by atoms with Gasteiger partial charge in [0.25, 0.3) is 5.91 Å². The number of para-hydroxylation sites is 1. The first-order valence-electron chi connectivity index (χ1n) is 9.05. The first-order chi connectivity index (χ1) is 12.5. The van der Waals surface area contributed by atoms with Gasteiger partial charge >= 0.3 is 0 Å². The number of hydrogen-bond donors (Lipinski definition) is 0. The van der Waals surface area contributed by atoms with E-state index in [-0.39, 0.29) is 11.9 Å². The number of benzene rings is 1. The minimum Gasteiger partial charge on any atom is -0.350 e. The van der Waals surface area contributed by atoms with Crippen molar-refractivity contribution in [2.45, 2.75) is 19.0 Å². The van der Waals surface area contributed by atoms with Crippen molar-refractivity contribution >= 4 is 16.8 Å². The van der Waals surface area contributed by atoms with Gasteiger partial charge in [0, 0.05) is 36.9 Å². The molecule has 4 rings (SSSR count). The van der Waals surface area contributed by atoms with Crippen molar-refractivity contribution in [3.63, 3.8) is 0 Å². The largest absolute Gasteiger partial charge is 0.350 e. The average Bonchev–Trinajstić information content (AvgIpc) is 3.24. The van der Waals surface area contributed by atoms with E-state index >= 15 is 0 Å². The zero-order valence-electron chi connectivity index (χ0n) is 15.6. The summed E-state index contributed by atoms with van der Waals surface area (Å²) >= 11 is 0. The summed E-state index contributed by atoms with van der Waals surface area (Å²) in [5.41, 5.74) is 2.97. The minimum absolute atomic E-state index is 0.101. The van der Waals surface area contributed by atoms with Crippen LogP contribution in [0.3, 0.4) is 0 Å². The van der Waals surface area contributed by atoms with Crippen LogP contribution in [0.25, 0.3) is 10.9 Å². The Morgan fingerprint density at radius 1 is 1.27 bits per heavy atom. The van der Waals surface area contributed by atoms with E-state index in [1.807, 2.05) is 53.2 Å². The summed E-state index contributed by atoms with van der Waals surface area (Å²) in [6.07, 6.45) is 4.76. The molecule has 1 aliphatic rings. The van der Waals surface area contributed by atoms with Crippen LogP contribution < -0.4 is 0 Å². The molecule has 0 bridgehead atoms. The van der Waals surface area contributed by atoms with Crippen molar-refractivity contribution in [1.82, 2.24) is 24.1 Å². The second kappa shape index (κ2) is 6.61. The van der Waals surface area contributed by atoms with Crippen LogP contribution in [0.1, 0.15) is 28.5 Å². The Labute approximate surface area is 153 Å². The fourth-order valence-electron chi connectivity index (χ4n) is 3.85. The summed E-state index contributed by atoms with van der Waals surface area (Å²) < 4.78 is 4.12. The third kappa shape index (κ3) is 2.90. The fourth-order valence-corrected chi connectivity index (χ4v) is 3.85. The standard InChI is InChI=1S/C20H25N5O/c1-22(2)11-9-16-13-24(12-15-8-10-21-25(15)16)20(26)18-14-23(3)19-7-5-4-6-17(18)19/h4-8,10,14,16H,9,11-13H2,1-3H3/t16-/m1/s1. The maximum Gasteiger partial charge on any atom is 0.256 e. The molecule has 6 heteroatoms. The number of carbonyl (C=O) groups excluding carboxylic acids is 1. The summed E-state index contributed by atoms with van der Waals surface area (Å²) in [6.45, 7) is 2.28. The predicted octanol–water partition coefficient (Wildman–Crippen LogP) is 2.52. The Morgan fingerprint density at radius 3 is 2.88 bits per heavy atom. The van der Waals surface area contributed by atoms with Gasteiger partial charge in [0.2, 0.25) is 0 Å². The van der Waals surface area contributed by atoms with Crippen molar-refractivity contribution in [1.29, 1.82) is 0 Å². The van der Waals surface area contributed by atoms with Crippen LogP contribution in [-0.4, -0.2) is 57.2 Å². The number of aryl methyl sites for hydroxylation is 1. The summed E-state index contributed by atoms with van der Waals surface area (Å²) in [7, 11) is 6.14. The van der Waals surface area contributed by atoms with Gasteiger partial charge in [0.05, 0.1) is 23.8 Å². The molecule has 0 aliphatic carbocycles. The molecule has 0 unspecified atom stereocenters. The number of amides is 1. The Hall–Kier alpha value is -2.60. The van der Waals surface area contributed by atoms with Crippen LogP contribution >= 0.6 is 0 Å². The van der Waals surface area contributed by atoms with E-state index in [9.17, 15) is 4.79 Å². The lowest BCUT2D eigenvalue weighted by molar-refractivity contribution is 0.0661. The van der Waals surface area contributed by atoms with E-state index in [4.69, 9.17) is 0 Å². The molecule has 0 saturated carbocycles. The smallest absolute Gasteiger partial charge is 0.256 e. The second-order valence-electron chi connectivity index (χ2n) is 7.37. The van der Waals surface area contributed by atoms with E-state index in [1.54, 1.807) is 0 Å². The number of nitrogens with zero attached hydrogens (tertiary/aromatic N) is 5. The maximum absolute atomic E-state index is 13.3. The van der Waals surface area contributed by atoms with Gasteiger partial charge in [-0.3, -0.25) is 9.48 Å². The second-order valence-corrected chi connectivity index (χ2v) is 7.37. The van der Waals surface area contributed by atoms with Crippen LogP contribution in [0.15, 0.2) is 42.7 Å². The highest BCUT2D eigenvalue weighted by atomic mass is 16.2. The molecule has 3 heterocycles. The predicted molar refractivity (Wildman–Crippen MR) is 102 cm³/mol. The average molecular weight is 351 g/mol. The number of hydrogen-bond acceptors (Lipinski definition) is 3. The Morgan fingerprint density at radius 2 is 2.08 bits per heavy atom. The van der Waals surface area contributed by atoms with Crippen molar-refractivity contribution in [3.05, 3.63) is 54.0 Å². The van der Waals surface area contributed by atoms with Gasteiger partial charge < -0.3 is 14.4 Å². The van der Waals surface area contributed by atoms with E-state index < -0.39 is 0 Å². The molecule has 26 heavy (non-hydrogen) atoms. The normalized spacial score (nSPS) is 17.1. The quantitative estimate of drug-likeness (QED) is 0.726. The monoisotopic (exact) mass is 351 g/mol. The van der Waals surface area contributed by atoms with E-state index in [0.717, 1.165) is 35.1 Å². The van der Waals surface area contributed by atoms with Gasteiger partial charge in [0.15, 0.2) is 0 Å². The summed E-state index contributed by atoms with van der Waals surface area (Å²) in [4.78, 5) is 17.5. The molecule has 1 aromatic carbocycles. The molecule has 0 spiro atoms. The maximum atomic E-state index is 13.3. The van der Waals surface area contributed by atoms with Crippen molar-refractivity contribution in [2.75, 3.05) is 27.2 Å². The van der Waals surface area contributed by atoms with Gasteiger partial charge in [0.1, 0.15) is 0 Å². The van der Waals surface area contributed by atoms with Gasteiger partial charge in [-0.25, -0.2) is 0 Å². The fraction of sp³-hybridized carbons (Fsp3) is 0.400. The van der Waals surface area contributed by atoms with E-state index in [1.165, 1.54) is 0 Å². The van der Waals surface area contributed by atoms with Gasteiger partial charge in [-0.1, -0.05) is 18.2 Å². The topological polar surface area (TPSA) is 46.3 Å². The molecule has 0 radical (unpaired) electrons. The lowest BCUT2D eigenvalue weighted by atomic mass is 10.1. The highest BCUT2D eigenvalue weighted by Gasteiger charge is 2.30. The van der Waals surface area contributed by atoms with Crippen LogP contribution in [-0.2, 0) is 13.6 Å². The summed E-state index contributed by atoms with van der Waals surface area (Å²) in [5.74, 6) is 0.101. The molecule has 0 N–H and O–H groups in total. The first-order valence-corrected chi connectivity index (χ1v) is 9.05. The Kier molecular flexibility index (Phi) is 4.28. The SMILES string of the molecule is CN(C)CC[C@@H]1CN(C(=O)c2cn(C)c3ccccc23)Cc2ccnn21. The number of aromatic nitrogens is 3. The summed E-state index contributed by atoms with van der Waals surface area (Å²) in [6, 6.07) is 10.3. The molecular weight excluding hydrogens is 326 g/mol. The highest BCUT2D eigenvalue weighted by Crippen LogP contribution is 2.27. The van der Waals surface area contributed by atoms with Crippen LogP contribution in [0.5, 0.6) is 0 Å². The number of rotatable bonds is 4. The number of carbonyl (C=O) groups is 1. The van der Waals surface area contributed by atoms with Gasteiger partial charge in [-0.2, -0.15) is 5.10 Å². The molecule has 0 fully saturated rings. The van der Waals surface area contributed by atoms with Gasteiger partial charge in [-0.05, 0) is 39.2 Å². The molecule has 2 aromatic heterocycles. The van der Waals surface area contributed by atoms with Crippen LogP contribution in [0.2, 0.25) is 0 Å². The van der Waals surface area contributed by atoms with E-state index in [0.29, 0.717) is 13.1 Å². The molecule has 1 aliphatic heterocycles. The van der Waals surface area contributed by atoms with Crippen molar-refractivity contribution in [3.8, 4) is 0 Å². The third-order valence-electron chi connectivity index (χ3n) is 5.21. The minimum atomic E-state index is 0.101. The van der Waals surface area contributed by atoms with Crippen molar-refractivity contribution in [2.24, 2.45) is 7.05 Å². The highest BCUT2D eigenvalue weighted by molar-refractivity contribution is 6.07. The van der Waals surface area contributed by atoms with E-state index in [2.05, 4.69) is 34.8 Å². The zero-order valence-corrected chi connectivity index (χ0v) is 15.6. The molecule has 136 valence electrons. The van der Waals surface area contributed by atoms with Crippen LogP contribution in [0, 0.1) is 0 Å². The molecule has 3 aromatic rings. The lowest BCUT2D eigenvalue weighted by Gasteiger charge is -2.34.